The van der Waals surface area contributed by atoms with Crippen LogP contribution in [-0.4, -0.2) is 47.1 Å². The van der Waals surface area contributed by atoms with E-state index in [-0.39, 0.29) is 22.4 Å². The fourth-order valence-electron chi connectivity index (χ4n) is 2.92. The smallest absolute Gasteiger partial charge is 0.338 e. The zero-order valence-corrected chi connectivity index (χ0v) is 18.9. The van der Waals surface area contributed by atoms with Crippen molar-refractivity contribution in [3.8, 4) is 5.75 Å². The maximum absolute atomic E-state index is 13.0. The van der Waals surface area contributed by atoms with Gasteiger partial charge in [-0.2, -0.15) is 0 Å². The van der Waals surface area contributed by atoms with Gasteiger partial charge in [0, 0.05) is 13.1 Å². The molecular weight excluding hydrogens is 420 g/mol. The quantitative estimate of drug-likeness (QED) is 0.561. The van der Waals surface area contributed by atoms with Gasteiger partial charge in [-0.1, -0.05) is 26.0 Å². The van der Waals surface area contributed by atoms with Crippen LogP contribution >= 0.6 is 0 Å². The molecule has 2 aromatic rings. The van der Waals surface area contributed by atoms with Gasteiger partial charge in [0.1, 0.15) is 5.75 Å². The number of sulfonamides is 1. The Labute approximate surface area is 183 Å². The minimum absolute atomic E-state index is 0.00364. The fraction of sp³-hybridized carbons (Fsp3) is 0.364. The third-order valence-corrected chi connectivity index (χ3v) is 6.64. The Hall–Kier alpha value is -3.07. The van der Waals surface area contributed by atoms with Crippen LogP contribution in [0, 0.1) is 0 Å². The van der Waals surface area contributed by atoms with E-state index in [1.54, 1.807) is 24.3 Å². The van der Waals surface area contributed by atoms with Gasteiger partial charge < -0.3 is 14.8 Å². The van der Waals surface area contributed by atoms with Crippen molar-refractivity contribution in [1.29, 1.82) is 0 Å². The number of nitrogens with zero attached hydrogens (tertiary/aromatic N) is 1. The van der Waals surface area contributed by atoms with Gasteiger partial charge in [0.25, 0.3) is 15.9 Å². The molecular formula is C22H28N2O6S. The number of carbonyl (C=O) groups excluding carboxylic acids is 2. The summed E-state index contributed by atoms with van der Waals surface area (Å²) in [6.45, 7) is 3.52. The lowest BCUT2D eigenvalue weighted by Gasteiger charge is -2.21. The van der Waals surface area contributed by atoms with Crippen molar-refractivity contribution >= 4 is 27.6 Å². The van der Waals surface area contributed by atoms with Gasteiger partial charge in [-0.3, -0.25) is 9.10 Å². The van der Waals surface area contributed by atoms with Gasteiger partial charge in [0.05, 0.1) is 23.3 Å². The van der Waals surface area contributed by atoms with Crippen LogP contribution in [0.15, 0.2) is 53.4 Å². The largest absolute Gasteiger partial charge is 0.495 e. The molecule has 0 saturated heterocycles. The molecule has 0 bridgehead atoms. The summed E-state index contributed by atoms with van der Waals surface area (Å²) >= 11 is 0. The summed E-state index contributed by atoms with van der Waals surface area (Å²) < 4.78 is 37.3. The zero-order valence-electron chi connectivity index (χ0n) is 18.1. The van der Waals surface area contributed by atoms with E-state index in [0.29, 0.717) is 11.4 Å². The van der Waals surface area contributed by atoms with Crippen LogP contribution in [-0.2, 0) is 19.6 Å². The minimum atomic E-state index is -3.88. The number of methoxy groups -OCH3 is 1. The van der Waals surface area contributed by atoms with Gasteiger partial charge in [-0.15, -0.1) is 0 Å². The average Bonchev–Trinajstić information content (AvgIpc) is 2.80. The lowest BCUT2D eigenvalue weighted by molar-refractivity contribution is -0.125. The number of hydrogen-bond donors (Lipinski definition) is 1. The number of amides is 1. The van der Waals surface area contributed by atoms with Crippen LogP contribution in [0.2, 0.25) is 0 Å². The first-order valence-corrected chi connectivity index (χ1v) is 11.4. The maximum atomic E-state index is 13.0. The SMILES string of the molecule is CCC(CC)NC(=O)COC(=O)c1ccc(S(=O)(=O)N(C)c2ccccc2OC)cc1. The number of benzene rings is 2. The second-order valence-corrected chi connectivity index (χ2v) is 8.80. The number of esters is 1. The van der Waals surface area contributed by atoms with Gasteiger partial charge in [-0.25, -0.2) is 13.2 Å². The summed E-state index contributed by atoms with van der Waals surface area (Å²) in [6.07, 6.45) is 1.57. The van der Waals surface area contributed by atoms with E-state index in [2.05, 4.69) is 5.32 Å². The number of anilines is 1. The maximum Gasteiger partial charge on any atom is 0.338 e. The van der Waals surface area contributed by atoms with E-state index in [1.807, 2.05) is 13.8 Å². The number of ether oxygens (including phenoxy) is 2. The summed E-state index contributed by atoms with van der Waals surface area (Å²) in [5, 5.41) is 2.78. The van der Waals surface area contributed by atoms with Crippen molar-refractivity contribution in [3.63, 3.8) is 0 Å². The molecule has 0 aromatic heterocycles. The molecule has 0 radical (unpaired) electrons. The second kappa shape index (κ2) is 10.8. The van der Waals surface area contributed by atoms with Crippen molar-refractivity contribution in [3.05, 3.63) is 54.1 Å². The van der Waals surface area contributed by atoms with E-state index < -0.39 is 22.6 Å². The highest BCUT2D eigenvalue weighted by atomic mass is 32.2. The fourth-order valence-corrected chi connectivity index (χ4v) is 4.12. The first-order chi connectivity index (χ1) is 14.7. The molecule has 9 heteroatoms. The number of para-hydroxylation sites is 2. The summed E-state index contributed by atoms with van der Waals surface area (Å²) in [5.41, 5.74) is 0.534. The molecule has 1 amide bonds. The minimum Gasteiger partial charge on any atom is -0.495 e. The van der Waals surface area contributed by atoms with Crippen LogP contribution in [0.1, 0.15) is 37.0 Å². The van der Waals surface area contributed by atoms with E-state index in [0.717, 1.165) is 17.1 Å². The Balaban J connectivity index is 2.08. The highest BCUT2D eigenvalue weighted by molar-refractivity contribution is 7.92. The van der Waals surface area contributed by atoms with Crippen molar-refractivity contribution in [1.82, 2.24) is 5.32 Å². The summed E-state index contributed by atoms with van der Waals surface area (Å²) in [7, 11) is -0.988. The molecule has 0 heterocycles. The predicted octanol–water partition coefficient (Wildman–Crippen LogP) is 2.98. The summed E-state index contributed by atoms with van der Waals surface area (Å²) in [6, 6.07) is 12.1. The lowest BCUT2D eigenvalue weighted by atomic mass is 10.2. The van der Waals surface area contributed by atoms with Crippen molar-refractivity contribution < 1.29 is 27.5 Å². The second-order valence-electron chi connectivity index (χ2n) is 6.83. The summed E-state index contributed by atoms with van der Waals surface area (Å²) in [5.74, 6) is -0.665. The van der Waals surface area contributed by atoms with Crippen LogP contribution in [0.5, 0.6) is 5.75 Å². The predicted molar refractivity (Wildman–Crippen MR) is 118 cm³/mol. The molecule has 0 unspecified atom stereocenters. The van der Waals surface area contributed by atoms with Gasteiger partial charge >= 0.3 is 5.97 Å². The van der Waals surface area contributed by atoms with E-state index in [9.17, 15) is 18.0 Å². The molecule has 0 fully saturated rings. The monoisotopic (exact) mass is 448 g/mol. The molecule has 0 saturated carbocycles. The Morgan fingerprint density at radius 1 is 1.03 bits per heavy atom. The van der Waals surface area contributed by atoms with Crippen LogP contribution in [0.25, 0.3) is 0 Å². The number of carbonyl (C=O) groups is 2. The molecule has 168 valence electrons. The Bertz CT molecular complexity index is 1000. The number of rotatable bonds is 10. The molecule has 2 aromatic carbocycles. The van der Waals surface area contributed by atoms with Gasteiger partial charge in [0.2, 0.25) is 0 Å². The first kappa shape index (κ1) is 24.2. The highest BCUT2D eigenvalue weighted by Gasteiger charge is 2.24. The molecule has 0 aliphatic carbocycles. The molecule has 8 nitrogen and oxygen atoms in total. The molecule has 31 heavy (non-hydrogen) atoms. The van der Waals surface area contributed by atoms with Gasteiger partial charge in [0.15, 0.2) is 6.61 Å². The third kappa shape index (κ3) is 5.97. The van der Waals surface area contributed by atoms with E-state index >= 15 is 0 Å². The highest BCUT2D eigenvalue weighted by Crippen LogP contribution is 2.30. The Morgan fingerprint density at radius 3 is 2.23 bits per heavy atom. The van der Waals surface area contributed by atoms with Crippen molar-refractivity contribution in [2.75, 3.05) is 25.1 Å². The first-order valence-electron chi connectivity index (χ1n) is 9.93. The number of nitrogens with one attached hydrogen (secondary N) is 1. The lowest BCUT2D eigenvalue weighted by Crippen LogP contribution is -2.36. The topological polar surface area (TPSA) is 102 Å². The van der Waals surface area contributed by atoms with Crippen molar-refractivity contribution in [2.45, 2.75) is 37.6 Å². The van der Waals surface area contributed by atoms with Crippen LogP contribution in [0.3, 0.4) is 0 Å². The Kier molecular flexibility index (Phi) is 8.44. The molecule has 0 aliphatic heterocycles. The van der Waals surface area contributed by atoms with E-state index in [4.69, 9.17) is 9.47 Å². The van der Waals surface area contributed by atoms with Gasteiger partial charge in [-0.05, 0) is 49.2 Å². The van der Waals surface area contributed by atoms with Crippen LogP contribution in [0.4, 0.5) is 5.69 Å². The average molecular weight is 449 g/mol. The number of hydrogen-bond acceptors (Lipinski definition) is 6. The van der Waals surface area contributed by atoms with Crippen LogP contribution < -0.4 is 14.4 Å². The Morgan fingerprint density at radius 2 is 1.65 bits per heavy atom. The van der Waals surface area contributed by atoms with Crippen molar-refractivity contribution in [2.24, 2.45) is 0 Å². The van der Waals surface area contributed by atoms with E-state index in [1.165, 1.54) is 38.4 Å². The molecule has 0 aliphatic rings. The standard InChI is InChI=1S/C22H28N2O6S/c1-5-17(6-2)23-21(25)15-30-22(26)16-11-13-18(14-12-16)31(27,28)24(3)19-9-7-8-10-20(19)29-4/h7-14,17H,5-6,15H2,1-4H3,(H,23,25). The zero-order chi connectivity index (χ0) is 23.0. The molecule has 1 N–H and O–H groups in total. The molecule has 0 atom stereocenters. The molecule has 2 rings (SSSR count). The normalized spacial score (nSPS) is 11.1. The molecule has 0 spiro atoms. The third-order valence-electron chi connectivity index (χ3n) is 4.86. The summed E-state index contributed by atoms with van der Waals surface area (Å²) in [4.78, 5) is 24.1.